The SMILES string of the molecule is COCCCC(N)c1nc(C2(C)CCCO2)no1. The van der Waals surface area contributed by atoms with E-state index in [0.717, 1.165) is 32.3 Å². The van der Waals surface area contributed by atoms with Crippen LogP contribution in [0.25, 0.3) is 0 Å². The van der Waals surface area contributed by atoms with Gasteiger partial charge < -0.3 is 19.7 Å². The first kappa shape index (κ1) is 13.5. The summed E-state index contributed by atoms with van der Waals surface area (Å²) < 4.78 is 15.9. The predicted molar refractivity (Wildman–Crippen MR) is 64.9 cm³/mol. The van der Waals surface area contributed by atoms with Gasteiger partial charge in [-0.15, -0.1) is 0 Å². The summed E-state index contributed by atoms with van der Waals surface area (Å²) in [7, 11) is 1.68. The van der Waals surface area contributed by atoms with E-state index in [-0.39, 0.29) is 6.04 Å². The first-order chi connectivity index (χ1) is 8.65. The van der Waals surface area contributed by atoms with Gasteiger partial charge in [0.05, 0.1) is 6.04 Å². The van der Waals surface area contributed by atoms with E-state index in [9.17, 15) is 0 Å². The first-order valence-corrected chi connectivity index (χ1v) is 6.38. The van der Waals surface area contributed by atoms with E-state index < -0.39 is 5.60 Å². The van der Waals surface area contributed by atoms with Crippen molar-refractivity contribution in [2.45, 2.75) is 44.2 Å². The van der Waals surface area contributed by atoms with Crippen LogP contribution in [0.4, 0.5) is 0 Å². The third kappa shape index (κ3) is 2.88. The van der Waals surface area contributed by atoms with Gasteiger partial charge in [-0.05, 0) is 32.6 Å². The van der Waals surface area contributed by atoms with Crippen molar-refractivity contribution in [1.82, 2.24) is 10.1 Å². The molecule has 6 heteroatoms. The van der Waals surface area contributed by atoms with Crippen LogP contribution in [0.1, 0.15) is 50.4 Å². The van der Waals surface area contributed by atoms with Crippen molar-refractivity contribution in [3.63, 3.8) is 0 Å². The summed E-state index contributed by atoms with van der Waals surface area (Å²) in [5.74, 6) is 1.09. The molecule has 2 unspecified atom stereocenters. The van der Waals surface area contributed by atoms with Crippen molar-refractivity contribution >= 4 is 0 Å². The molecule has 102 valence electrons. The minimum atomic E-state index is -0.409. The van der Waals surface area contributed by atoms with Gasteiger partial charge in [0.25, 0.3) is 0 Å². The van der Waals surface area contributed by atoms with Gasteiger partial charge in [0, 0.05) is 20.3 Å². The topological polar surface area (TPSA) is 83.4 Å². The Morgan fingerprint density at radius 1 is 1.56 bits per heavy atom. The highest BCUT2D eigenvalue weighted by Gasteiger charge is 2.37. The van der Waals surface area contributed by atoms with Gasteiger partial charge >= 0.3 is 0 Å². The lowest BCUT2D eigenvalue weighted by Crippen LogP contribution is -2.22. The molecular weight excluding hydrogens is 234 g/mol. The summed E-state index contributed by atoms with van der Waals surface area (Å²) in [6.07, 6.45) is 3.60. The summed E-state index contributed by atoms with van der Waals surface area (Å²) in [4.78, 5) is 4.37. The fourth-order valence-corrected chi connectivity index (χ4v) is 2.13. The fourth-order valence-electron chi connectivity index (χ4n) is 2.13. The zero-order valence-corrected chi connectivity index (χ0v) is 11.0. The molecule has 0 radical (unpaired) electrons. The molecule has 2 rings (SSSR count). The minimum absolute atomic E-state index is 0.230. The Morgan fingerprint density at radius 2 is 2.39 bits per heavy atom. The Bertz CT molecular complexity index is 374. The van der Waals surface area contributed by atoms with Crippen molar-refractivity contribution in [3.8, 4) is 0 Å². The number of nitrogens with zero attached hydrogens (tertiary/aromatic N) is 2. The number of hydrogen-bond donors (Lipinski definition) is 1. The molecule has 0 bridgehead atoms. The Labute approximate surface area is 107 Å². The monoisotopic (exact) mass is 255 g/mol. The van der Waals surface area contributed by atoms with Crippen molar-refractivity contribution in [1.29, 1.82) is 0 Å². The summed E-state index contributed by atoms with van der Waals surface area (Å²) in [6, 6.07) is -0.230. The number of ether oxygens (including phenoxy) is 2. The highest BCUT2D eigenvalue weighted by atomic mass is 16.5. The molecular formula is C12H21N3O3. The number of hydrogen-bond acceptors (Lipinski definition) is 6. The average molecular weight is 255 g/mol. The maximum atomic E-state index is 6.00. The van der Waals surface area contributed by atoms with E-state index >= 15 is 0 Å². The van der Waals surface area contributed by atoms with Gasteiger partial charge in [-0.25, -0.2) is 0 Å². The molecule has 0 aromatic carbocycles. The lowest BCUT2D eigenvalue weighted by molar-refractivity contribution is 0.00768. The molecule has 6 nitrogen and oxygen atoms in total. The Hall–Kier alpha value is -0.980. The number of methoxy groups -OCH3 is 1. The van der Waals surface area contributed by atoms with Crippen LogP contribution in [0.5, 0.6) is 0 Å². The lowest BCUT2D eigenvalue weighted by atomic mass is 10.0. The van der Waals surface area contributed by atoms with Crippen LogP contribution >= 0.6 is 0 Å². The molecule has 1 aliphatic rings. The van der Waals surface area contributed by atoms with Gasteiger partial charge in [-0.3, -0.25) is 0 Å². The molecule has 1 aliphatic heterocycles. The van der Waals surface area contributed by atoms with E-state index in [1.165, 1.54) is 0 Å². The molecule has 1 fully saturated rings. The molecule has 0 saturated carbocycles. The third-order valence-electron chi connectivity index (χ3n) is 3.31. The predicted octanol–water partition coefficient (Wildman–Crippen LogP) is 1.52. The van der Waals surface area contributed by atoms with E-state index in [1.54, 1.807) is 7.11 Å². The van der Waals surface area contributed by atoms with Crippen LogP contribution in [-0.4, -0.2) is 30.5 Å². The second kappa shape index (κ2) is 5.77. The second-order valence-electron chi connectivity index (χ2n) is 4.88. The Balaban J connectivity index is 1.97. The van der Waals surface area contributed by atoms with Crippen LogP contribution in [0.2, 0.25) is 0 Å². The zero-order chi connectivity index (χ0) is 13.0. The molecule has 0 amide bonds. The van der Waals surface area contributed by atoms with E-state index in [2.05, 4.69) is 10.1 Å². The molecule has 1 aromatic rings. The fraction of sp³-hybridized carbons (Fsp3) is 0.833. The average Bonchev–Trinajstić information content (AvgIpc) is 2.98. The lowest BCUT2D eigenvalue weighted by Gasteiger charge is -2.17. The molecule has 2 N–H and O–H groups in total. The van der Waals surface area contributed by atoms with Gasteiger partial charge in [-0.1, -0.05) is 5.16 Å². The molecule has 1 saturated heterocycles. The normalized spacial score (nSPS) is 25.5. The van der Waals surface area contributed by atoms with Gasteiger partial charge in [-0.2, -0.15) is 4.98 Å². The number of nitrogens with two attached hydrogens (primary N) is 1. The van der Waals surface area contributed by atoms with Crippen molar-refractivity contribution in [3.05, 3.63) is 11.7 Å². The standard InChI is InChI=1S/C12H21N3O3/c1-12(6-4-8-17-12)11-14-10(18-15-11)9(13)5-3-7-16-2/h9H,3-8,13H2,1-2H3. The van der Waals surface area contributed by atoms with E-state index in [4.69, 9.17) is 19.7 Å². The maximum absolute atomic E-state index is 6.00. The summed E-state index contributed by atoms with van der Waals surface area (Å²) in [5, 5.41) is 4.00. The molecule has 0 spiro atoms. The van der Waals surface area contributed by atoms with Crippen LogP contribution in [0.3, 0.4) is 0 Å². The summed E-state index contributed by atoms with van der Waals surface area (Å²) >= 11 is 0. The van der Waals surface area contributed by atoms with Crippen LogP contribution < -0.4 is 5.73 Å². The highest BCUT2D eigenvalue weighted by Crippen LogP contribution is 2.34. The molecule has 2 heterocycles. The third-order valence-corrected chi connectivity index (χ3v) is 3.31. The smallest absolute Gasteiger partial charge is 0.243 e. The van der Waals surface area contributed by atoms with Crippen molar-refractivity contribution in [2.75, 3.05) is 20.3 Å². The molecule has 0 aliphatic carbocycles. The zero-order valence-electron chi connectivity index (χ0n) is 11.0. The largest absolute Gasteiger partial charge is 0.385 e. The highest BCUT2D eigenvalue weighted by molar-refractivity contribution is 5.03. The van der Waals surface area contributed by atoms with Gasteiger partial charge in [0.2, 0.25) is 11.7 Å². The quantitative estimate of drug-likeness (QED) is 0.776. The van der Waals surface area contributed by atoms with Gasteiger partial charge in [0.15, 0.2) is 0 Å². The van der Waals surface area contributed by atoms with Crippen LogP contribution in [0, 0.1) is 0 Å². The van der Waals surface area contributed by atoms with Crippen LogP contribution in [0.15, 0.2) is 4.52 Å². The molecule has 2 atom stereocenters. The van der Waals surface area contributed by atoms with Crippen molar-refractivity contribution < 1.29 is 14.0 Å². The summed E-state index contributed by atoms with van der Waals surface area (Å²) in [5.41, 5.74) is 5.59. The van der Waals surface area contributed by atoms with Gasteiger partial charge in [0.1, 0.15) is 5.60 Å². The number of rotatable bonds is 6. The maximum Gasteiger partial charge on any atom is 0.243 e. The number of aromatic nitrogens is 2. The Morgan fingerprint density at radius 3 is 3.06 bits per heavy atom. The van der Waals surface area contributed by atoms with Crippen molar-refractivity contribution in [2.24, 2.45) is 5.73 Å². The minimum Gasteiger partial charge on any atom is -0.385 e. The molecule has 18 heavy (non-hydrogen) atoms. The van der Waals surface area contributed by atoms with E-state index in [0.29, 0.717) is 18.3 Å². The molecule has 1 aromatic heterocycles. The van der Waals surface area contributed by atoms with Crippen LogP contribution in [-0.2, 0) is 15.1 Å². The second-order valence-corrected chi connectivity index (χ2v) is 4.88. The Kier molecular flexibility index (Phi) is 4.31. The first-order valence-electron chi connectivity index (χ1n) is 6.38. The summed E-state index contributed by atoms with van der Waals surface area (Å²) in [6.45, 7) is 3.43. The van der Waals surface area contributed by atoms with E-state index in [1.807, 2.05) is 6.92 Å².